The normalized spacial score (nSPS) is 16.3. The molecule has 2 heterocycles. The highest BCUT2D eigenvalue weighted by Crippen LogP contribution is 2.34. The Labute approximate surface area is 240 Å². The van der Waals surface area contributed by atoms with E-state index in [9.17, 15) is 18.0 Å². The Morgan fingerprint density at radius 3 is 2.38 bits per heavy atom. The fourth-order valence-corrected chi connectivity index (χ4v) is 5.26. The van der Waals surface area contributed by atoms with Gasteiger partial charge in [0.05, 0.1) is 5.56 Å². The molecule has 2 aliphatic rings. The predicted octanol–water partition coefficient (Wildman–Crippen LogP) is 6.61. The number of fused-ring (bicyclic) bond motifs is 1. The number of ether oxygens (including phenoxy) is 1. The molecule has 0 N–H and O–H groups in total. The Hall–Kier alpha value is -2.98. The van der Waals surface area contributed by atoms with Crippen LogP contribution in [0.1, 0.15) is 55.1 Å². The van der Waals surface area contributed by atoms with Gasteiger partial charge >= 0.3 is 6.36 Å². The zero-order valence-corrected chi connectivity index (χ0v) is 24.6. The molecule has 0 atom stereocenters. The van der Waals surface area contributed by atoms with Crippen molar-refractivity contribution >= 4 is 30.4 Å². The fraction of sp³-hybridized carbons (Fsp3) is 0.467. The van der Waals surface area contributed by atoms with Crippen LogP contribution in [0.25, 0.3) is 0 Å². The minimum Gasteiger partial charge on any atom is -0.406 e. The molecule has 0 radical (unpaired) electrons. The van der Waals surface area contributed by atoms with Gasteiger partial charge in [-0.2, -0.15) is 0 Å². The Morgan fingerprint density at radius 1 is 1.10 bits per heavy atom. The van der Waals surface area contributed by atoms with Crippen molar-refractivity contribution in [2.24, 2.45) is 4.99 Å². The van der Waals surface area contributed by atoms with Crippen molar-refractivity contribution in [2.75, 3.05) is 44.7 Å². The first kappa shape index (κ1) is 31.5. The highest BCUT2D eigenvalue weighted by atomic mass is 32.1. The second-order valence-corrected chi connectivity index (χ2v) is 10.00. The molecule has 0 aromatic heterocycles. The SMILES string of the molecule is CC.CC/C(=C\C=NC)CCN1CCN(c2cc(S)c3c(c2)CN(Cc2ccc(OC(F)(F)F)cc2)C3=O)CC1. The van der Waals surface area contributed by atoms with Crippen molar-refractivity contribution < 1.29 is 22.7 Å². The topological polar surface area (TPSA) is 48.4 Å². The van der Waals surface area contributed by atoms with E-state index >= 15 is 0 Å². The summed E-state index contributed by atoms with van der Waals surface area (Å²) >= 11 is 4.64. The third-order valence-electron chi connectivity index (χ3n) is 6.98. The van der Waals surface area contributed by atoms with Crippen LogP contribution in [-0.4, -0.2) is 68.1 Å². The predicted molar refractivity (Wildman–Crippen MR) is 158 cm³/mol. The number of thiol groups is 1. The van der Waals surface area contributed by atoms with Crippen molar-refractivity contribution in [2.45, 2.75) is 58.0 Å². The first-order chi connectivity index (χ1) is 19.2. The van der Waals surface area contributed by atoms with Gasteiger partial charge in [-0.3, -0.25) is 14.7 Å². The molecule has 0 aliphatic carbocycles. The second-order valence-electron chi connectivity index (χ2n) is 9.52. The maximum atomic E-state index is 13.1. The molecular formula is C30H39F3N4O2S. The summed E-state index contributed by atoms with van der Waals surface area (Å²) in [6, 6.07) is 9.64. The number of benzene rings is 2. The van der Waals surface area contributed by atoms with Crippen LogP contribution in [0.5, 0.6) is 5.75 Å². The average Bonchev–Trinajstić information content (AvgIpc) is 3.25. The highest BCUT2D eigenvalue weighted by Gasteiger charge is 2.32. The molecule has 1 saturated heterocycles. The van der Waals surface area contributed by atoms with Gasteiger partial charge in [0.25, 0.3) is 5.91 Å². The number of carbonyl (C=O) groups excluding carboxylic acids is 1. The maximum absolute atomic E-state index is 13.1. The number of alkyl halides is 3. The average molecular weight is 577 g/mol. The lowest BCUT2D eigenvalue weighted by Gasteiger charge is -2.36. The monoisotopic (exact) mass is 576 g/mol. The van der Waals surface area contributed by atoms with E-state index in [2.05, 4.69) is 51.2 Å². The molecular weight excluding hydrogens is 537 g/mol. The van der Waals surface area contributed by atoms with Crippen LogP contribution < -0.4 is 9.64 Å². The van der Waals surface area contributed by atoms with Gasteiger partial charge < -0.3 is 14.5 Å². The van der Waals surface area contributed by atoms with Crippen LogP contribution >= 0.6 is 12.6 Å². The van der Waals surface area contributed by atoms with Gasteiger partial charge in [0.1, 0.15) is 5.75 Å². The first-order valence-electron chi connectivity index (χ1n) is 13.7. The number of allylic oxidation sites excluding steroid dienone is 1. The Morgan fingerprint density at radius 2 is 1.77 bits per heavy atom. The van der Waals surface area contributed by atoms with Gasteiger partial charge in [-0.05, 0) is 54.3 Å². The number of nitrogens with zero attached hydrogens (tertiary/aromatic N) is 4. The Balaban J connectivity index is 0.00000216. The number of rotatable bonds is 9. The lowest BCUT2D eigenvalue weighted by Crippen LogP contribution is -2.46. The second kappa shape index (κ2) is 14.6. The van der Waals surface area contributed by atoms with Crippen LogP contribution in [0.15, 0.2) is 57.9 Å². The number of hydrogen-bond donors (Lipinski definition) is 1. The zero-order chi connectivity index (χ0) is 29.3. The number of hydrogen-bond acceptors (Lipinski definition) is 6. The molecule has 2 aromatic rings. The number of aliphatic imine (C=N–C) groups is 1. The molecule has 1 amide bonds. The molecule has 4 rings (SSSR count). The fourth-order valence-electron chi connectivity index (χ4n) is 4.89. The van der Waals surface area contributed by atoms with E-state index in [4.69, 9.17) is 0 Å². The van der Waals surface area contributed by atoms with Crippen molar-refractivity contribution in [1.82, 2.24) is 9.80 Å². The summed E-state index contributed by atoms with van der Waals surface area (Å²) < 4.78 is 41.2. The lowest BCUT2D eigenvalue weighted by atomic mass is 10.1. The van der Waals surface area contributed by atoms with Gasteiger partial charge in [-0.1, -0.05) is 38.5 Å². The van der Waals surface area contributed by atoms with Gasteiger partial charge in [0, 0.05) is 69.7 Å². The lowest BCUT2D eigenvalue weighted by molar-refractivity contribution is -0.274. The largest absolute Gasteiger partial charge is 0.573 e. The summed E-state index contributed by atoms with van der Waals surface area (Å²) in [6.07, 6.45) is 1.30. The maximum Gasteiger partial charge on any atom is 0.573 e. The van der Waals surface area contributed by atoms with E-state index in [-0.39, 0.29) is 11.7 Å². The van der Waals surface area contributed by atoms with Crippen LogP contribution in [-0.2, 0) is 13.1 Å². The number of anilines is 1. The van der Waals surface area contributed by atoms with Crippen molar-refractivity contribution in [3.8, 4) is 5.75 Å². The molecule has 0 spiro atoms. The summed E-state index contributed by atoms with van der Waals surface area (Å²) in [5.74, 6) is -0.405. The number of amides is 1. The Kier molecular flexibility index (Phi) is 11.5. The van der Waals surface area contributed by atoms with Crippen LogP contribution in [0.3, 0.4) is 0 Å². The molecule has 0 unspecified atom stereocenters. The van der Waals surface area contributed by atoms with Crippen molar-refractivity contribution in [1.29, 1.82) is 0 Å². The van der Waals surface area contributed by atoms with Crippen molar-refractivity contribution in [3.63, 3.8) is 0 Å². The summed E-state index contributed by atoms with van der Waals surface area (Å²) in [6.45, 7) is 11.7. The van der Waals surface area contributed by atoms with Crippen LogP contribution in [0, 0.1) is 0 Å². The molecule has 6 nitrogen and oxygen atoms in total. The van der Waals surface area contributed by atoms with Crippen LogP contribution in [0.4, 0.5) is 18.9 Å². The van der Waals surface area contributed by atoms with Gasteiger partial charge in [-0.15, -0.1) is 25.8 Å². The molecule has 10 heteroatoms. The number of halogens is 3. The molecule has 1 fully saturated rings. The van der Waals surface area contributed by atoms with E-state index in [1.54, 1.807) is 24.1 Å². The van der Waals surface area contributed by atoms with Crippen molar-refractivity contribution in [3.05, 3.63) is 64.7 Å². The molecule has 2 aromatic carbocycles. The zero-order valence-electron chi connectivity index (χ0n) is 23.7. The summed E-state index contributed by atoms with van der Waals surface area (Å²) in [4.78, 5) is 24.3. The summed E-state index contributed by atoms with van der Waals surface area (Å²) in [7, 11) is 1.78. The molecule has 218 valence electrons. The van der Waals surface area contributed by atoms with E-state index in [0.29, 0.717) is 23.5 Å². The van der Waals surface area contributed by atoms with Gasteiger partial charge in [0.2, 0.25) is 0 Å². The minimum absolute atomic E-state index is 0.120. The van der Waals surface area contributed by atoms with Gasteiger partial charge in [-0.25, -0.2) is 0 Å². The third kappa shape index (κ3) is 8.51. The minimum atomic E-state index is -4.73. The van der Waals surface area contributed by atoms with E-state index in [0.717, 1.165) is 62.4 Å². The van der Waals surface area contributed by atoms with E-state index in [1.165, 1.54) is 17.7 Å². The van der Waals surface area contributed by atoms with Gasteiger partial charge in [0.15, 0.2) is 0 Å². The summed E-state index contributed by atoms with van der Waals surface area (Å²) in [5, 5.41) is 0. The molecule has 0 saturated carbocycles. The smallest absolute Gasteiger partial charge is 0.406 e. The van der Waals surface area contributed by atoms with Crippen LogP contribution in [0.2, 0.25) is 0 Å². The number of piperazine rings is 1. The molecule has 2 aliphatic heterocycles. The standard InChI is InChI=1S/C28H33F3N4O2S.C2H6/c1-3-20(8-10-32-2)9-11-33-12-14-34(15-13-33)23-16-22-19-35(27(36)26(22)25(38)17-23)18-21-4-6-24(7-5-21)37-28(29,30)31;1-2/h4-8,10,16-17,38H,3,9,11-15,18-19H2,1-2H3;1-2H3/b20-8+,32-10?;. The highest BCUT2D eigenvalue weighted by molar-refractivity contribution is 7.80. The molecule has 40 heavy (non-hydrogen) atoms. The Bertz CT molecular complexity index is 1190. The van der Waals surface area contributed by atoms with E-state index in [1.807, 2.05) is 26.1 Å². The number of carbonyl (C=O) groups is 1. The third-order valence-corrected chi connectivity index (χ3v) is 7.33. The quantitative estimate of drug-likeness (QED) is 0.270. The van der Waals surface area contributed by atoms with E-state index < -0.39 is 6.36 Å². The molecule has 0 bridgehead atoms. The first-order valence-corrected chi connectivity index (χ1v) is 14.2. The summed E-state index contributed by atoms with van der Waals surface area (Å²) in [5.41, 5.74) is 4.71.